The lowest BCUT2D eigenvalue weighted by molar-refractivity contribution is 0.0686. The number of nitrogens with zero attached hydrogens (tertiary/aromatic N) is 1. The van der Waals surface area contributed by atoms with Gasteiger partial charge < -0.3 is 20.8 Å². The normalized spacial score (nSPS) is 10.4. The highest BCUT2D eigenvalue weighted by Gasteiger charge is 2.09. The Bertz CT molecular complexity index is 1030. The van der Waals surface area contributed by atoms with E-state index >= 15 is 0 Å². The Morgan fingerprint density at radius 3 is 1.71 bits per heavy atom. The van der Waals surface area contributed by atoms with Gasteiger partial charge in [-0.15, -0.1) is 0 Å². The average Bonchev–Trinajstić information content (AvgIpc) is 2.66. The first-order valence-corrected chi connectivity index (χ1v) is 8.52. The van der Waals surface area contributed by atoms with E-state index in [1.807, 2.05) is 19.9 Å². The van der Waals surface area contributed by atoms with Crippen molar-refractivity contribution in [3.8, 4) is 0 Å². The zero-order chi connectivity index (χ0) is 20.3. The monoisotopic (exact) mass is 377 g/mol. The number of pyridine rings is 1. The van der Waals surface area contributed by atoms with Crippen molar-refractivity contribution >= 4 is 34.9 Å². The van der Waals surface area contributed by atoms with Gasteiger partial charge in [0.2, 0.25) is 0 Å². The highest BCUT2D eigenvalue weighted by Crippen LogP contribution is 2.26. The topological polar surface area (TPSA) is 112 Å². The summed E-state index contributed by atoms with van der Waals surface area (Å²) in [5, 5.41) is 24.4. The lowest BCUT2D eigenvalue weighted by atomic mass is 10.1. The van der Waals surface area contributed by atoms with Crippen LogP contribution in [0.4, 0.5) is 23.0 Å². The summed E-state index contributed by atoms with van der Waals surface area (Å²) in [6, 6.07) is 14.7. The molecule has 142 valence electrons. The van der Waals surface area contributed by atoms with Crippen molar-refractivity contribution in [2.75, 3.05) is 10.6 Å². The van der Waals surface area contributed by atoms with E-state index in [-0.39, 0.29) is 11.1 Å². The Morgan fingerprint density at radius 1 is 0.786 bits per heavy atom. The maximum absolute atomic E-state index is 11.0. The predicted octanol–water partition coefficient (Wildman–Crippen LogP) is 4.58. The van der Waals surface area contributed by atoms with Crippen LogP contribution in [0.3, 0.4) is 0 Å². The van der Waals surface area contributed by atoms with Gasteiger partial charge in [0.15, 0.2) is 0 Å². The van der Waals surface area contributed by atoms with Gasteiger partial charge >= 0.3 is 11.9 Å². The molecule has 0 aliphatic carbocycles. The molecule has 4 N–H and O–H groups in total. The van der Waals surface area contributed by atoms with Crippen LogP contribution < -0.4 is 10.6 Å². The Hall–Kier alpha value is -3.87. The number of aryl methyl sites for hydroxylation is 1. The van der Waals surface area contributed by atoms with Gasteiger partial charge in [-0.1, -0.05) is 0 Å². The molecule has 0 unspecified atom stereocenters. The Labute approximate surface area is 161 Å². The molecule has 0 fully saturated rings. The Kier molecular flexibility index (Phi) is 5.26. The molecule has 0 atom stereocenters. The van der Waals surface area contributed by atoms with E-state index in [0.29, 0.717) is 11.6 Å². The van der Waals surface area contributed by atoms with Crippen LogP contribution in [0.5, 0.6) is 0 Å². The van der Waals surface area contributed by atoms with E-state index in [1.54, 1.807) is 24.3 Å². The van der Waals surface area contributed by atoms with Crippen LogP contribution in [-0.2, 0) is 0 Å². The zero-order valence-corrected chi connectivity index (χ0v) is 15.4. The molecule has 0 saturated carbocycles. The Morgan fingerprint density at radius 2 is 1.25 bits per heavy atom. The smallest absolute Gasteiger partial charge is 0.335 e. The van der Waals surface area contributed by atoms with E-state index in [1.165, 1.54) is 24.3 Å². The quantitative estimate of drug-likeness (QED) is 0.497. The molecule has 3 rings (SSSR count). The summed E-state index contributed by atoms with van der Waals surface area (Å²) in [6.45, 7) is 3.91. The van der Waals surface area contributed by atoms with Gasteiger partial charge in [-0.2, -0.15) is 0 Å². The van der Waals surface area contributed by atoms with Crippen molar-refractivity contribution in [3.63, 3.8) is 0 Å². The number of carboxylic acid groups (broad SMARTS) is 2. The molecular weight excluding hydrogens is 358 g/mol. The fourth-order valence-electron chi connectivity index (χ4n) is 2.60. The van der Waals surface area contributed by atoms with E-state index in [9.17, 15) is 9.59 Å². The van der Waals surface area contributed by atoms with Crippen molar-refractivity contribution in [1.29, 1.82) is 0 Å². The zero-order valence-electron chi connectivity index (χ0n) is 15.4. The summed E-state index contributed by atoms with van der Waals surface area (Å²) in [6.07, 6.45) is 0. The second-order valence-corrected chi connectivity index (χ2v) is 6.31. The first-order chi connectivity index (χ1) is 13.3. The van der Waals surface area contributed by atoms with Crippen molar-refractivity contribution in [1.82, 2.24) is 4.98 Å². The molecule has 0 saturated heterocycles. The number of hydrogen-bond donors (Lipinski definition) is 4. The van der Waals surface area contributed by atoms with Crippen LogP contribution in [0, 0.1) is 13.8 Å². The highest BCUT2D eigenvalue weighted by molar-refractivity contribution is 5.88. The molecule has 0 aliphatic heterocycles. The summed E-state index contributed by atoms with van der Waals surface area (Å²) in [5.74, 6) is -0.698. The highest BCUT2D eigenvalue weighted by atomic mass is 16.4. The van der Waals surface area contributed by atoms with E-state index in [2.05, 4.69) is 15.6 Å². The summed E-state index contributed by atoms with van der Waals surface area (Å²) >= 11 is 0. The molecule has 0 spiro atoms. The molecule has 3 aromatic rings. The van der Waals surface area contributed by atoms with E-state index in [0.717, 1.165) is 22.5 Å². The van der Waals surface area contributed by atoms with Crippen molar-refractivity contribution < 1.29 is 19.8 Å². The molecule has 7 nitrogen and oxygen atoms in total. The molecule has 0 aliphatic rings. The molecular formula is C21H19N3O4. The second kappa shape index (κ2) is 7.79. The third-order valence-electron chi connectivity index (χ3n) is 4.33. The summed E-state index contributed by atoms with van der Waals surface area (Å²) in [4.78, 5) is 26.5. The van der Waals surface area contributed by atoms with Gasteiger partial charge in [0, 0.05) is 11.4 Å². The first kappa shape index (κ1) is 18.9. The molecule has 1 heterocycles. The molecule has 0 amide bonds. The minimum Gasteiger partial charge on any atom is -0.478 e. The van der Waals surface area contributed by atoms with Gasteiger partial charge in [0.1, 0.15) is 11.6 Å². The van der Waals surface area contributed by atoms with Gasteiger partial charge in [0.05, 0.1) is 11.1 Å². The van der Waals surface area contributed by atoms with Crippen LogP contribution in [0.25, 0.3) is 0 Å². The number of hydrogen-bond acceptors (Lipinski definition) is 5. The third kappa shape index (κ3) is 4.27. The molecule has 7 heteroatoms. The first-order valence-electron chi connectivity index (χ1n) is 8.52. The molecule has 2 aromatic carbocycles. The van der Waals surface area contributed by atoms with E-state index in [4.69, 9.17) is 10.2 Å². The van der Waals surface area contributed by atoms with Gasteiger partial charge in [-0.3, -0.25) is 0 Å². The number of benzene rings is 2. The minimum absolute atomic E-state index is 0.214. The number of anilines is 4. The fourth-order valence-corrected chi connectivity index (χ4v) is 2.60. The van der Waals surface area contributed by atoms with Crippen LogP contribution in [0.15, 0.2) is 54.6 Å². The number of nitrogens with one attached hydrogen (secondary N) is 2. The Balaban J connectivity index is 1.83. The number of aromatic carboxylic acids is 2. The lowest BCUT2D eigenvalue weighted by Gasteiger charge is -2.14. The predicted molar refractivity (Wildman–Crippen MR) is 107 cm³/mol. The number of carboxylic acids is 2. The van der Waals surface area contributed by atoms with Gasteiger partial charge in [-0.05, 0) is 79.6 Å². The van der Waals surface area contributed by atoms with Crippen molar-refractivity contribution in [2.24, 2.45) is 0 Å². The molecule has 0 radical (unpaired) electrons. The maximum atomic E-state index is 11.0. The van der Waals surface area contributed by atoms with Crippen LogP contribution >= 0.6 is 0 Å². The summed E-state index contributed by atoms with van der Waals surface area (Å²) in [5.41, 5.74) is 3.86. The number of aromatic nitrogens is 1. The SMILES string of the molecule is Cc1cc(Nc2ccc(C(=O)O)cc2)nc(Nc2ccc(C(=O)O)cc2)c1C. The minimum atomic E-state index is -0.976. The van der Waals surface area contributed by atoms with Gasteiger partial charge in [-0.25, -0.2) is 14.6 Å². The molecule has 0 bridgehead atoms. The standard InChI is InChI=1S/C21H19N3O4/c1-12-11-18(22-16-7-3-14(4-8-16)20(25)26)24-19(13(12)2)23-17-9-5-15(6-10-17)21(27)28/h3-11H,1-2H3,(H,25,26)(H,27,28)(H2,22,23,24). The van der Waals surface area contributed by atoms with Crippen LogP contribution in [0.1, 0.15) is 31.8 Å². The lowest BCUT2D eigenvalue weighted by Crippen LogP contribution is -2.03. The van der Waals surface area contributed by atoms with E-state index < -0.39 is 11.9 Å². The summed E-state index contributed by atoms with van der Waals surface area (Å²) < 4.78 is 0. The number of carbonyl (C=O) groups is 2. The molecule has 28 heavy (non-hydrogen) atoms. The van der Waals surface area contributed by atoms with Crippen molar-refractivity contribution in [2.45, 2.75) is 13.8 Å². The summed E-state index contributed by atoms with van der Waals surface area (Å²) in [7, 11) is 0. The molecule has 1 aromatic heterocycles. The number of rotatable bonds is 6. The van der Waals surface area contributed by atoms with Crippen LogP contribution in [0.2, 0.25) is 0 Å². The average molecular weight is 377 g/mol. The van der Waals surface area contributed by atoms with Gasteiger partial charge in [0.25, 0.3) is 0 Å². The maximum Gasteiger partial charge on any atom is 0.335 e. The third-order valence-corrected chi connectivity index (χ3v) is 4.33. The van der Waals surface area contributed by atoms with Crippen LogP contribution in [-0.4, -0.2) is 27.1 Å². The second-order valence-electron chi connectivity index (χ2n) is 6.31. The fraction of sp³-hybridized carbons (Fsp3) is 0.0952. The largest absolute Gasteiger partial charge is 0.478 e. The van der Waals surface area contributed by atoms with Crippen molar-refractivity contribution in [3.05, 3.63) is 76.9 Å².